The van der Waals surface area contributed by atoms with Crippen molar-refractivity contribution < 1.29 is 4.39 Å². The second-order valence-corrected chi connectivity index (χ2v) is 4.14. The molecular weight excluding hydrogens is 243 g/mol. The van der Waals surface area contributed by atoms with E-state index in [9.17, 15) is 4.39 Å². The normalized spacial score (nSPS) is 10.5. The third-order valence-electron chi connectivity index (χ3n) is 1.81. The van der Waals surface area contributed by atoms with Gasteiger partial charge in [0.2, 0.25) is 11.1 Å². The highest BCUT2D eigenvalue weighted by molar-refractivity contribution is 7.99. The number of hydrogen-bond acceptors (Lipinski definition) is 6. The molecule has 0 aliphatic carbocycles. The minimum absolute atomic E-state index is 0.204. The summed E-state index contributed by atoms with van der Waals surface area (Å²) in [5.41, 5.74) is 0. The van der Waals surface area contributed by atoms with Crippen molar-refractivity contribution in [3.63, 3.8) is 0 Å². The number of nitrogens with zero attached hydrogens (tertiary/aromatic N) is 4. The lowest BCUT2D eigenvalue weighted by Gasteiger charge is -2.03. The summed E-state index contributed by atoms with van der Waals surface area (Å²) in [5.74, 6) is 0.580. The van der Waals surface area contributed by atoms with Crippen molar-refractivity contribution in [3.05, 3.63) is 17.8 Å². The van der Waals surface area contributed by atoms with Gasteiger partial charge in [-0.2, -0.15) is 0 Å². The van der Waals surface area contributed by atoms with E-state index in [1.807, 2.05) is 6.92 Å². The number of aromatic nitrogens is 5. The van der Waals surface area contributed by atoms with Crippen LogP contribution in [0.3, 0.4) is 0 Å². The molecule has 0 aromatic carbocycles. The van der Waals surface area contributed by atoms with Gasteiger partial charge in [-0.25, -0.2) is 19.3 Å². The van der Waals surface area contributed by atoms with Crippen LogP contribution in [-0.4, -0.2) is 31.7 Å². The van der Waals surface area contributed by atoms with Crippen LogP contribution in [0.5, 0.6) is 0 Å². The summed E-state index contributed by atoms with van der Waals surface area (Å²) in [6.45, 7) is 4.37. The van der Waals surface area contributed by atoms with Crippen molar-refractivity contribution in [1.29, 1.82) is 0 Å². The number of aromatic amines is 1. The smallest absolute Gasteiger partial charge is 0.223 e. The number of halogens is 1. The number of anilines is 1. The highest BCUT2D eigenvalue weighted by Gasteiger charge is 2.11. The van der Waals surface area contributed by atoms with E-state index in [1.54, 1.807) is 6.92 Å². The molecule has 0 atom stereocenters. The maximum atomic E-state index is 13.5. The van der Waals surface area contributed by atoms with Crippen LogP contribution >= 0.6 is 11.8 Å². The summed E-state index contributed by atoms with van der Waals surface area (Å²) in [4.78, 5) is 11.9. The molecule has 0 saturated carbocycles. The Hall–Kier alpha value is -1.70. The number of rotatable bonds is 4. The number of nitrogens with one attached hydrogen (secondary N) is 2. The molecule has 0 radical (unpaired) electrons. The van der Waals surface area contributed by atoms with E-state index in [4.69, 9.17) is 0 Å². The standard InChI is InChI=1S/C9H11FN6S/c1-3-11-8-12-4-6(10)7(14-8)17-9-13-5(2)15-16-9/h4H,3H2,1-2H3,(H,11,12,14)(H,13,15,16). The lowest BCUT2D eigenvalue weighted by molar-refractivity contribution is 0.579. The maximum Gasteiger partial charge on any atom is 0.223 e. The van der Waals surface area contributed by atoms with E-state index in [-0.39, 0.29) is 5.03 Å². The van der Waals surface area contributed by atoms with Gasteiger partial charge in [0.15, 0.2) is 5.82 Å². The fourth-order valence-corrected chi connectivity index (χ4v) is 1.85. The average molecular weight is 254 g/mol. The molecule has 0 fully saturated rings. The summed E-state index contributed by atoms with van der Waals surface area (Å²) in [7, 11) is 0. The molecule has 0 saturated heterocycles. The topological polar surface area (TPSA) is 79.4 Å². The molecule has 0 aliphatic rings. The van der Waals surface area contributed by atoms with Crippen LogP contribution in [-0.2, 0) is 0 Å². The Kier molecular flexibility index (Phi) is 3.52. The van der Waals surface area contributed by atoms with Gasteiger partial charge in [0.05, 0.1) is 6.20 Å². The Morgan fingerprint density at radius 2 is 2.29 bits per heavy atom. The predicted molar refractivity (Wildman–Crippen MR) is 61.4 cm³/mol. The fraction of sp³-hybridized carbons (Fsp3) is 0.333. The highest BCUT2D eigenvalue weighted by atomic mass is 32.2. The molecule has 0 bridgehead atoms. The van der Waals surface area contributed by atoms with E-state index in [2.05, 4.69) is 30.5 Å². The van der Waals surface area contributed by atoms with Crippen molar-refractivity contribution in [1.82, 2.24) is 25.1 Å². The molecule has 8 heteroatoms. The average Bonchev–Trinajstić information content (AvgIpc) is 2.69. The zero-order valence-corrected chi connectivity index (χ0v) is 10.2. The Balaban J connectivity index is 2.22. The zero-order chi connectivity index (χ0) is 12.3. The molecule has 2 heterocycles. The van der Waals surface area contributed by atoms with E-state index < -0.39 is 5.82 Å². The second kappa shape index (κ2) is 5.09. The first-order chi connectivity index (χ1) is 8.19. The van der Waals surface area contributed by atoms with Gasteiger partial charge in [-0.1, -0.05) is 0 Å². The molecule has 0 spiro atoms. The zero-order valence-electron chi connectivity index (χ0n) is 9.36. The molecular formula is C9H11FN6S. The summed E-state index contributed by atoms with van der Waals surface area (Å²) < 4.78 is 13.5. The summed E-state index contributed by atoms with van der Waals surface area (Å²) >= 11 is 1.06. The minimum atomic E-state index is -0.487. The van der Waals surface area contributed by atoms with Gasteiger partial charge in [0.25, 0.3) is 0 Å². The molecule has 6 nitrogen and oxygen atoms in total. The van der Waals surface area contributed by atoms with Gasteiger partial charge in [0, 0.05) is 6.54 Å². The van der Waals surface area contributed by atoms with Crippen LogP contribution in [0.2, 0.25) is 0 Å². The summed E-state index contributed by atoms with van der Waals surface area (Å²) in [6, 6.07) is 0. The van der Waals surface area contributed by atoms with Crippen molar-refractivity contribution >= 4 is 17.7 Å². The first-order valence-corrected chi connectivity index (χ1v) is 5.84. The molecule has 0 unspecified atom stereocenters. The van der Waals surface area contributed by atoms with Crippen molar-refractivity contribution in [2.45, 2.75) is 24.0 Å². The molecule has 2 aromatic heterocycles. The molecule has 17 heavy (non-hydrogen) atoms. The van der Waals surface area contributed by atoms with Crippen LogP contribution in [0.4, 0.5) is 10.3 Å². The van der Waals surface area contributed by atoms with E-state index in [0.717, 1.165) is 18.0 Å². The Bertz CT molecular complexity index is 514. The lowest BCUT2D eigenvalue weighted by atomic mass is 10.6. The van der Waals surface area contributed by atoms with E-state index in [1.165, 1.54) is 0 Å². The quantitative estimate of drug-likeness (QED) is 0.807. The second-order valence-electron chi connectivity index (χ2n) is 3.18. The number of H-pyrrole nitrogens is 1. The largest absolute Gasteiger partial charge is 0.354 e. The van der Waals surface area contributed by atoms with Gasteiger partial charge in [0.1, 0.15) is 10.9 Å². The summed E-state index contributed by atoms with van der Waals surface area (Å²) in [5, 5.41) is 10.1. The Labute approximate surface area is 101 Å². The number of hydrogen-bond donors (Lipinski definition) is 2. The van der Waals surface area contributed by atoms with Crippen molar-refractivity contribution in [2.24, 2.45) is 0 Å². The van der Waals surface area contributed by atoms with Crippen LogP contribution < -0.4 is 5.32 Å². The number of aryl methyl sites for hydroxylation is 1. The Morgan fingerprint density at radius 3 is 2.94 bits per heavy atom. The molecule has 90 valence electrons. The third kappa shape index (κ3) is 2.90. The van der Waals surface area contributed by atoms with Crippen LogP contribution in [0.15, 0.2) is 16.4 Å². The first-order valence-electron chi connectivity index (χ1n) is 5.02. The van der Waals surface area contributed by atoms with Crippen LogP contribution in [0, 0.1) is 12.7 Å². The van der Waals surface area contributed by atoms with Gasteiger partial charge in [-0.3, -0.25) is 5.10 Å². The maximum absolute atomic E-state index is 13.5. The van der Waals surface area contributed by atoms with Crippen LogP contribution in [0.25, 0.3) is 0 Å². The molecule has 2 rings (SSSR count). The molecule has 0 aliphatic heterocycles. The van der Waals surface area contributed by atoms with Crippen molar-refractivity contribution in [2.75, 3.05) is 11.9 Å². The molecule has 2 aromatic rings. The van der Waals surface area contributed by atoms with Crippen LogP contribution in [0.1, 0.15) is 12.7 Å². The third-order valence-corrected chi connectivity index (χ3v) is 2.66. The van der Waals surface area contributed by atoms with E-state index >= 15 is 0 Å². The minimum Gasteiger partial charge on any atom is -0.354 e. The van der Waals surface area contributed by atoms with Gasteiger partial charge >= 0.3 is 0 Å². The fourth-order valence-electron chi connectivity index (χ4n) is 1.12. The SMILES string of the molecule is CCNc1ncc(F)c(Sc2n[nH]c(C)n2)n1. The Morgan fingerprint density at radius 1 is 1.47 bits per heavy atom. The highest BCUT2D eigenvalue weighted by Crippen LogP contribution is 2.25. The lowest BCUT2D eigenvalue weighted by Crippen LogP contribution is -2.03. The van der Waals surface area contributed by atoms with E-state index in [0.29, 0.717) is 23.5 Å². The predicted octanol–water partition coefficient (Wildman–Crippen LogP) is 1.63. The summed E-state index contributed by atoms with van der Waals surface area (Å²) in [6.07, 6.45) is 1.13. The van der Waals surface area contributed by atoms with Gasteiger partial charge < -0.3 is 5.32 Å². The van der Waals surface area contributed by atoms with Crippen molar-refractivity contribution in [3.8, 4) is 0 Å². The molecule has 0 amide bonds. The first kappa shape index (κ1) is 11.8. The van der Waals surface area contributed by atoms with Gasteiger partial charge in [-0.15, -0.1) is 5.10 Å². The monoisotopic (exact) mass is 254 g/mol. The van der Waals surface area contributed by atoms with Gasteiger partial charge in [-0.05, 0) is 25.6 Å². The molecule has 2 N–H and O–H groups in total.